The Morgan fingerprint density at radius 3 is 2.83 bits per heavy atom. The number of ketones is 1. The number of rotatable bonds is 5. The second-order valence-electron chi connectivity index (χ2n) is 4.04. The summed E-state index contributed by atoms with van der Waals surface area (Å²) in [5, 5.41) is 0. The largest absolute Gasteiger partial charge is 0.469 e. The maximum absolute atomic E-state index is 13.0. The van der Waals surface area contributed by atoms with Crippen molar-refractivity contribution < 1.29 is 13.6 Å². The molecule has 0 aliphatic rings. The number of hydrogen-bond acceptors (Lipinski definition) is 2. The van der Waals surface area contributed by atoms with Crippen LogP contribution in [0, 0.1) is 5.82 Å². The number of carbonyl (C=O) groups is 1. The van der Waals surface area contributed by atoms with Crippen molar-refractivity contribution in [2.24, 2.45) is 0 Å². The zero-order chi connectivity index (χ0) is 13.0. The van der Waals surface area contributed by atoms with Gasteiger partial charge < -0.3 is 4.42 Å². The van der Waals surface area contributed by atoms with Gasteiger partial charge >= 0.3 is 0 Å². The van der Waals surface area contributed by atoms with Gasteiger partial charge in [-0.15, -0.1) is 0 Å². The number of carbonyl (C=O) groups excluding carboxylic acids is 1. The maximum atomic E-state index is 13.0. The average molecular weight is 311 g/mol. The summed E-state index contributed by atoms with van der Waals surface area (Å²) in [5.74, 6) is 0.607. The zero-order valence-corrected chi connectivity index (χ0v) is 11.2. The summed E-state index contributed by atoms with van der Waals surface area (Å²) in [5.41, 5.74) is 0.813. The molecule has 0 spiro atoms. The molecule has 0 N–H and O–H groups in total. The van der Waals surface area contributed by atoms with Crippen molar-refractivity contribution in [3.8, 4) is 0 Å². The van der Waals surface area contributed by atoms with Gasteiger partial charge in [0.05, 0.1) is 10.7 Å². The van der Waals surface area contributed by atoms with Gasteiger partial charge in [-0.25, -0.2) is 4.39 Å². The number of hydrogen-bond donors (Lipinski definition) is 0. The molecule has 18 heavy (non-hydrogen) atoms. The van der Waals surface area contributed by atoms with Gasteiger partial charge in [0.25, 0.3) is 0 Å². The first-order valence-corrected chi connectivity index (χ1v) is 6.42. The smallest absolute Gasteiger partial charge is 0.137 e. The van der Waals surface area contributed by atoms with Gasteiger partial charge in [0, 0.05) is 19.3 Å². The molecule has 0 fully saturated rings. The zero-order valence-electron chi connectivity index (χ0n) is 9.66. The van der Waals surface area contributed by atoms with E-state index in [9.17, 15) is 9.18 Å². The molecule has 2 aromatic rings. The molecule has 0 atom stereocenters. The first-order chi connectivity index (χ1) is 8.65. The highest BCUT2D eigenvalue weighted by atomic mass is 79.9. The first-order valence-electron chi connectivity index (χ1n) is 5.63. The minimum atomic E-state index is -0.318. The van der Waals surface area contributed by atoms with E-state index in [1.54, 1.807) is 24.5 Å². The molecule has 0 aliphatic carbocycles. The minimum Gasteiger partial charge on any atom is -0.469 e. The third-order valence-electron chi connectivity index (χ3n) is 2.62. The van der Waals surface area contributed by atoms with E-state index in [0.29, 0.717) is 23.7 Å². The van der Waals surface area contributed by atoms with Crippen molar-refractivity contribution in [1.29, 1.82) is 0 Å². The molecule has 1 aromatic heterocycles. The van der Waals surface area contributed by atoms with Crippen LogP contribution in [0.2, 0.25) is 0 Å². The Hall–Kier alpha value is -1.42. The predicted octanol–water partition coefficient (Wildman–Crippen LogP) is 3.93. The average Bonchev–Trinajstić information content (AvgIpc) is 2.84. The second-order valence-corrected chi connectivity index (χ2v) is 4.90. The maximum Gasteiger partial charge on any atom is 0.137 e. The van der Waals surface area contributed by atoms with Gasteiger partial charge in [0.1, 0.15) is 17.4 Å². The van der Waals surface area contributed by atoms with E-state index in [0.717, 1.165) is 11.3 Å². The van der Waals surface area contributed by atoms with E-state index in [2.05, 4.69) is 15.9 Å². The van der Waals surface area contributed by atoms with E-state index in [-0.39, 0.29) is 11.6 Å². The third-order valence-corrected chi connectivity index (χ3v) is 3.22. The van der Waals surface area contributed by atoms with E-state index < -0.39 is 0 Å². The summed E-state index contributed by atoms with van der Waals surface area (Å²) in [6.45, 7) is 0. The normalized spacial score (nSPS) is 10.6. The fourth-order valence-corrected chi connectivity index (χ4v) is 2.11. The summed E-state index contributed by atoms with van der Waals surface area (Å²) in [6.07, 6.45) is 2.95. The van der Waals surface area contributed by atoms with Gasteiger partial charge in [-0.1, -0.05) is 6.07 Å². The van der Waals surface area contributed by atoms with Crippen LogP contribution in [0.25, 0.3) is 0 Å². The van der Waals surface area contributed by atoms with Crippen molar-refractivity contribution in [1.82, 2.24) is 0 Å². The summed E-state index contributed by atoms with van der Waals surface area (Å²) < 4.78 is 18.6. The van der Waals surface area contributed by atoms with Crippen LogP contribution in [-0.2, 0) is 17.6 Å². The fourth-order valence-electron chi connectivity index (χ4n) is 1.68. The second kappa shape index (κ2) is 5.96. The van der Waals surface area contributed by atoms with Crippen molar-refractivity contribution in [2.75, 3.05) is 0 Å². The van der Waals surface area contributed by atoms with Crippen molar-refractivity contribution in [3.05, 3.63) is 58.2 Å². The molecule has 1 heterocycles. The number of Topliss-reactive ketones (excluding diaryl/α,β-unsaturated/α-hetero) is 1. The Labute approximate surface area is 113 Å². The van der Waals surface area contributed by atoms with Crippen LogP contribution in [0.1, 0.15) is 17.7 Å². The topological polar surface area (TPSA) is 30.2 Å². The molecule has 0 saturated heterocycles. The minimum absolute atomic E-state index is 0.116. The lowest BCUT2D eigenvalue weighted by Crippen LogP contribution is -2.04. The Morgan fingerprint density at radius 1 is 1.33 bits per heavy atom. The Morgan fingerprint density at radius 2 is 2.17 bits per heavy atom. The van der Waals surface area contributed by atoms with Gasteiger partial charge in [0.15, 0.2) is 0 Å². The lowest BCUT2D eigenvalue weighted by atomic mass is 10.1. The Balaban J connectivity index is 1.88. The molecule has 2 nitrogen and oxygen atoms in total. The Bertz CT molecular complexity index is 535. The number of halogens is 2. The molecular formula is C14H12BrFO2. The van der Waals surface area contributed by atoms with Gasteiger partial charge in [-0.05, 0) is 45.8 Å². The van der Waals surface area contributed by atoms with Crippen LogP contribution in [0.15, 0.2) is 45.5 Å². The molecule has 0 unspecified atom stereocenters. The molecule has 0 bridgehead atoms. The number of furan rings is 1. The van der Waals surface area contributed by atoms with Crippen LogP contribution in [0.5, 0.6) is 0 Å². The molecule has 0 amide bonds. The van der Waals surface area contributed by atoms with E-state index in [4.69, 9.17) is 4.42 Å². The van der Waals surface area contributed by atoms with Crippen molar-refractivity contribution in [2.45, 2.75) is 19.3 Å². The highest BCUT2D eigenvalue weighted by molar-refractivity contribution is 9.10. The van der Waals surface area contributed by atoms with Gasteiger partial charge in [-0.2, -0.15) is 0 Å². The van der Waals surface area contributed by atoms with Crippen LogP contribution >= 0.6 is 15.9 Å². The summed E-state index contributed by atoms with van der Waals surface area (Å²) >= 11 is 3.11. The predicted molar refractivity (Wildman–Crippen MR) is 69.8 cm³/mol. The Kier molecular flexibility index (Phi) is 4.31. The number of aryl methyl sites for hydroxylation is 1. The lowest BCUT2D eigenvalue weighted by molar-refractivity contribution is -0.118. The van der Waals surface area contributed by atoms with E-state index >= 15 is 0 Å². The summed E-state index contributed by atoms with van der Waals surface area (Å²) in [4.78, 5) is 11.8. The van der Waals surface area contributed by atoms with Crippen LogP contribution in [-0.4, -0.2) is 5.78 Å². The molecular weight excluding hydrogens is 299 g/mol. The number of benzene rings is 1. The summed E-state index contributed by atoms with van der Waals surface area (Å²) in [7, 11) is 0. The van der Waals surface area contributed by atoms with Crippen molar-refractivity contribution >= 4 is 21.7 Å². The van der Waals surface area contributed by atoms with Crippen molar-refractivity contribution in [3.63, 3.8) is 0 Å². The fraction of sp³-hybridized carbons (Fsp3) is 0.214. The van der Waals surface area contributed by atoms with Gasteiger partial charge in [0.2, 0.25) is 0 Å². The van der Waals surface area contributed by atoms with E-state index in [1.165, 1.54) is 6.07 Å². The van der Waals surface area contributed by atoms with Crippen LogP contribution in [0.3, 0.4) is 0 Å². The quantitative estimate of drug-likeness (QED) is 0.837. The van der Waals surface area contributed by atoms with Gasteiger partial charge in [-0.3, -0.25) is 4.79 Å². The lowest BCUT2D eigenvalue weighted by Gasteiger charge is -2.02. The van der Waals surface area contributed by atoms with Crippen LogP contribution < -0.4 is 0 Å². The highest BCUT2D eigenvalue weighted by Gasteiger charge is 2.07. The molecule has 94 valence electrons. The standard InChI is InChI=1S/C14H12BrFO2/c15-13-9-10(3-6-14(13)16)8-11(17)4-5-12-2-1-7-18-12/h1-3,6-7,9H,4-5,8H2. The summed E-state index contributed by atoms with van der Waals surface area (Å²) in [6, 6.07) is 8.28. The first kappa shape index (κ1) is 13.0. The molecule has 0 radical (unpaired) electrons. The molecule has 2 rings (SSSR count). The monoisotopic (exact) mass is 310 g/mol. The van der Waals surface area contributed by atoms with E-state index in [1.807, 2.05) is 6.07 Å². The molecule has 0 aliphatic heterocycles. The molecule has 0 saturated carbocycles. The molecule has 1 aromatic carbocycles. The third kappa shape index (κ3) is 3.53. The SMILES string of the molecule is O=C(CCc1ccco1)Cc1ccc(F)c(Br)c1. The molecule has 4 heteroatoms. The highest BCUT2D eigenvalue weighted by Crippen LogP contribution is 2.17. The van der Waals surface area contributed by atoms with Crippen LogP contribution in [0.4, 0.5) is 4.39 Å².